The van der Waals surface area contributed by atoms with Crippen LogP contribution in [0.1, 0.15) is 12.5 Å². The van der Waals surface area contributed by atoms with Crippen molar-refractivity contribution in [2.24, 2.45) is 0 Å². The third kappa shape index (κ3) is 4.67. The lowest BCUT2D eigenvalue weighted by molar-refractivity contribution is -0.127. The number of nitrogens with zero attached hydrogens (tertiary/aromatic N) is 1. The summed E-state index contributed by atoms with van der Waals surface area (Å²) >= 11 is 0. The van der Waals surface area contributed by atoms with Crippen LogP contribution in [0.2, 0.25) is 0 Å². The van der Waals surface area contributed by atoms with Crippen LogP contribution in [0.15, 0.2) is 79.1 Å². The Bertz CT molecular complexity index is 802. The largest absolute Gasteiger partial charge is 0.481 e. The van der Waals surface area contributed by atoms with Gasteiger partial charge in [0.25, 0.3) is 5.91 Å². The van der Waals surface area contributed by atoms with E-state index in [1.165, 1.54) is 0 Å². The summed E-state index contributed by atoms with van der Waals surface area (Å²) in [5, 5.41) is 2.85. The molecule has 1 atom stereocenters. The summed E-state index contributed by atoms with van der Waals surface area (Å²) in [4.78, 5) is 16.2. The third-order valence-electron chi connectivity index (χ3n) is 3.83. The molecule has 4 heteroatoms. The van der Waals surface area contributed by atoms with E-state index >= 15 is 0 Å². The Morgan fingerprint density at radius 3 is 2.40 bits per heavy atom. The van der Waals surface area contributed by atoms with Crippen molar-refractivity contribution in [1.82, 2.24) is 10.3 Å². The first-order chi connectivity index (χ1) is 12.2. The minimum atomic E-state index is -0.570. The molecule has 0 unspecified atom stereocenters. The highest BCUT2D eigenvalue weighted by Crippen LogP contribution is 2.22. The van der Waals surface area contributed by atoms with Crippen molar-refractivity contribution in [2.75, 3.05) is 0 Å². The van der Waals surface area contributed by atoms with Gasteiger partial charge >= 0.3 is 0 Å². The lowest BCUT2D eigenvalue weighted by Gasteiger charge is -2.15. The van der Waals surface area contributed by atoms with E-state index in [0.29, 0.717) is 12.3 Å². The van der Waals surface area contributed by atoms with Crippen molar-refractivity contribution < 1.29 is 9.53 Å². The van der Waals surface area contributed by atoms with E-state index in [4.69, 9.17) is 4.74 Å². The van der Waals surface area contributed by atoms with Crippen LogP contribution in [-0.4, -0.2) is 17.0 Å². The number of aromatic nitrogens is 1. The first kappa shape index (κ1) is 16.7. The molecule has 2 aromatic carbocycles. The standard InChI is InChI=1S/C21H20N2O2/c1-16(21(24)23-15-17-6-5-13-22-14-17)25-20-11-9-19(10-12-20)18-7-3-2-4-8-18/h2-14,16H,15H2,1H3,(H,23,24)/t16-/m1/s1. The second-order valence-electron chi connectivity index (χ2n) is 5.73. The highest BCUT2D eigenvalue weighted by atomic mass is 16.5. The van der Waals surface area contributed by atoms with Gasteiger partial charge in [0, 0.05) is 18.9 Å². The van der Waals surface area contributed by atoms with Gasteiger partial charge in [0.1, 0.15) is 5.75 Å². The lowest BCUT2D eigenvalue weighted by Crippen LogP contribution is -2.35. The Morgan fingerprint density at radius 1 is 1.00 bits per heavy atom. The summed E-state index contributed by atoms with van der Waals surface area (Å²) in [5.74, 6) is 0.514. The molecular formula is C21H20N2O2. The number of ether oxygens (including phenoxy) is 1. The molecule has 0 aliphatic heterocycles. The molecule has 1 aromatic heterocycles. The minimum Gasteiger partial charge on any atom is -0.481 e. The van der Waals surface area contributed by atoms with E-state index in [0.717, 1.165) is 16.7 Å². The number of amides is 1. The molecule has 25 heavy (non-hydrogen) atoms. The number of benzene rings is 2. The predicted octanol–water partition coefficient (Wildman–Crippen LogP) is 3.83. The number of nitrogens with one attached hydrogen (secondary N) is 1. The summed E-state index contributed by atoms with van der Waals surface area (Å²) in [6, 6.07) is 21.6. The molecular weight excluding hydrogens is 312 g/mol. The van der Waals surface area contributed by atoms with Crippen molar-refractivity contribution in [3.05, 3.63) is 84.7 Å². The summed E-state index contributed by atoms with van der Waals surface area (Å²) in [6.45, 7) is 2.18. The average Bonchev–Trinajstić information content (AvgIpc) is 2.68. The number of carbonyl (C=O) groups is 1. The zero-order chi connectivity index (χ0) is 17.5. The van der Waals surface area contributed by atoms with Crippen LogP contribution in [0.5, 0.6) is 5.75 Å². The maximum Gasteiger partial charge on any atom is 0.261 e. The van der Waals surface area contributed by atoms with Gasteiger partial charge in [-0.25, -0.2) is 0 Å². The van der Waals surface area contributed by atoms with Crippen LogP contribution in [0.4, 0.5) is 0 Å². The van der Waals surface area contributed by atoms with E-state index in [2.05, 4.69) is 22.4 Å². The number of carbonyl (C=O) groups excluding carboxylic acids is 1. The lowest BCUT2D eigenvalue weighted by atomic mass is 10.1. The van der Waals surface area contributed by atoms with E-state index in [1.807, 2.05) is 54.6 Å². The fourth-order valence-corrected chi connectivity index (χ4v) is 2.45. The molecule has 1 N–H and O–H groups in total. The van der Waals surface area contributed by atoms with Crippen LogP contribution in [0, 0.1) is 0 Å². The molecule has 126 valence electrons. The summed E-state index contributed by atoms with van der Waals surface area (Å²) in [6.07, 6.45) is 2.86. The zero-order valence-corrected chi connectivity index (χ0v) is 14.1. The van der Waals surface area contributed by atoms with Gasteiger partial charge in [-0.1, -0.05) is 48.5 Å². The van der Waals surface area contributed by atoms with Crippen molar-refractivity contribution in [3.8, 4) is 16.9 Å². The normalized spacial score (nSPS) is 11.6. The molecule has 4 nitrogen and oxygen atoms in total. The molecule has 0 saturated heterocycles. The molecule has 0 fully saturated rings. The highest BCUT2D eigenvalue weighted by molar-refractivity contribution is 5.80. The second kappa shape index (κ2) is 8.11. The maximum atomic E-state index is 12.2. The fourth-order valence-electron chi connectivity index (χ4n) is 2.45. The minimum absolute atomic E-state index is 0.156. The van der Waals surface area contributed by atoms with Crippen LogP contribution in [0.25, 0.3) is 11.1 Å². The first-order valence-corrected chi connectivity index (χ1v) is 8.21. The summed E-state index contributed by atoms with van der Waals surface area (Å²) in [5.41, 5.74) is 3.22. The molecule has 3 rings (SSSR count). The second-order valence-corrected chi connectivity index (χ2v) is 5.73. The van der Waals surface area contributed by atoms with E-state index in [1.54, 1.807) is 19.3 Å². The van der Waals surface area contributed by atoms with Gasteiger partial charge in [-0.05, 0) is 41.8 Å². The molecule has 0 radical (unpaired) electrons. The Kier molecular flexibility index (Phi) is 5.42. The molecule has 3 aromatic rings. The quantitative estimate of drug-likeness (QED) is 0.746. The highest BCUT2D eigenvalue weighted by Gasteiger charge is 2.14. The van der Waals surface area contributed by atoms with E-state index in [9.17, 15) is 4.79 Å². The van der Waals surface area contributed by atoms with Crippen LogP contribution < -0.4 is 10.1 Å². The van der Waals surface area contributed by atoms with Crippen molar-refractivity contribution in [2.45, 2.75) is 19.6 Å². The summed E-state index contributed by atoms with van der Waals surface area (Å²) in [7, 11) is 0. The zero-order valence-electron chi connectivity index (χ0n) is 14.1. The van der Waals surface area contributed by atoms with Crippen LogP contribution in [0.3, 0.4) is 0 Å². The number of rotatable bonds is 6. The van der Waals surface area contributed by atoms with Gasteiger partial charge < -0.3 is 10.1 Å². The van der Waals surface area contributed by atoms with Crippen LogP contribution >= 0.6 is 0 Å². The van der Waals surface area contributed by atoms with Crippen molar-refractivity contribution in [1.29, 1.82) is 0 Å². The van der Waals surface area contributed by atoms with Gasteiger partial charge in [0.05, 0.1) is 0 Å². The molecule has 0 spiro atoms. The number of pyridine rings is 1. The number of hydrogen-bond donors (Lipinski definition) is 1. The third-order valence-corrected chi connectivity index (χ3v) is 3.83. The monoisotopic (exact) mass is 332 g/mol. The van der Waals surface area contributed by atoms with E-state index in [-0.39, 0.29) is 5.91 Å². The molecule has 1 heterocycles. The molecule has 0 bridgehead atoms. The maximum absolute atomic E-state index is 12.2. The van der Waals surface area contributed by atoms with Gasteiger partial charge in [0.15, 0.2) is 6.10 Å². The number of hydrogen-bond acceptors (Lipinski definition) is 3. The smallest absolute Gasteiger partial charge is 0.261 e. The SMILES string of the molecule is C[C@@H](Oc1ccc(-c2ccccc2)cc1)C(=O)NCc1cccnc1. The van der Waals surface area contributed by atoms with Gasteiger partial charge in [-0.3, -0.25) is 9.78 Å². The van der Waals surface area contributed by atoms with Crippen LogP contribution in [-0.2, 0) is 11.3 Å². The molecule has 0 saturated carbocycles. The Labute approximate surface area is 147 Å². The Morgan fingerprint density at radius 2 is 1.72 bits per heavy atom. The summed E-state index contributed by atoms with van der Waals surface area (Å²) < 4.78 is 5.73. The Balaban J connectivity index is 1.55. The van der Waals surface area contributed by atoms with Gasteiger partial charge in [-0.2, -0.15) is 0 Å². The predicted molar refractivity (Wildman–Crippen MR) is 98.1 cm³/mol. The molecule has 0 aliphatic carbocycles. The topological polar surface area (TPSA) is 51.2 Å². The van der Waals surface area contributed by atoms with Gasteiger partial charge in [0.2, 0.25) is 0 Å². The fraction of sp³-hybridized carbons (Fsp3) is 0.143. The van der Waals surface area contributed by atoms with Crippen molar-refractivity contribution in [3.63, 3.8) is 0 Å². The average molecular weight is 332 g/mol. The Hall–Kier alpha value is -3.14. The van der Waals surface area contributed by atoms with Crippen molar-refractivity contribution >= 4 is 5.91 Å². The van der Waals surface area contributed by atoms with Gasteiger partial charge in [-0.15, -0.1) is 0 Å². The first-order valence-electron chi connectivity index (χ1n) is 8.21. The molecule has 0 aliphatic rings. The van der Waals surface area contributed by atoms with E-state index < -0.39 is 6.10 Å². The molecule has 1 amide bonds.